The average Bonchev–Trinajstić information content (AvgIpc) is 3.23. The Labute approximate surface area is 176 Å². The highest BCUT2D eigenvalue weighted by molar-refractivity contribution is 6.33. The molecule has 1 aromatic heterocycles. The van der Waals surface area contributed by atoms with Crippen LogP contribution in [0.15, 0.2) is 54.7 Å². The number of halogens is 3. The summed E-state index contributed by atoms with van der Waals surface area (Å²) in [7, 11) is 0. The molecule has 0 aliphatic carbocycles. The molecule has 0 radical (unpaired) electrons. The van der Waals surface area contributed by atoms with Gasteiger partial charge in [-0.2, -0.15) is 5.10 Å². The summed E-state index contributed by atoms with van der Waals surface area (Å²) in [4.78, 5) is 28.6. The number of para-hydroxylation sites is 1. The van der Waals surface area contributed by atoms with Crippen LogP contribution in [0.25, 0.3) is 5.69 Å². The van der Waals surface area contributed by atoms with E-state index in [1.165, 1.54) is 35.1 Å². The number of piperazine rings is 1. The lowest BCUT2D eigenvalue weighted by molar-refractivity contribution is 0.0532. The van der Waals surface area contributed by atoms with E-state index in [1.807, 2.05) is 0 Å². The molecule has 1 fully saturated rings. The maximum atomic E-state index is 13.9. The topological polar surface area (TPSA) is 58.4 Å². The Morgan fingerprint density at radius 2 is 1.57 bits per heavy atom. The quantitative estimate of drug-likeness (QED) is 0.640. The highest BCUT2D eigenvalue weighted by atomic mass is 35.5. The molecule has 1 aliphatic heterocycles. The molecular weight excluding hydrogens is 414 g/mol. The number of benzene rings is 2. The molecule has 4 rings (SSSR count). The number of hydrogen-bond donors (Lipinski definition) is 0. The Morgan fingerprint density at radius 1 is 0.900 bits per heavy atom. The first-order valence-corrected chi connectivity index (χ1v) is 9.66. The molecule has 1 saturated heterocycles. The van der Waals surface area contributed by atoms with Gasteiger partial charge in [0.2, 0.25) is 0 Å². The van der Waals surface area contributed by atoms with Crippen LogP contribution in [0.5, 0.6) is 0 Å². The molecule has 0 spiro atoms. The van der Waals surface area contributed by atoms with Crippen molar-refractivity contribution in [3.05, 3.63) is 82.6 Å². The predicted molar refractivity (Wildman–Crippen MR) is 107 cm³/mol. The van der Waals surface area contributed by atoms with Crippen molar-refractivity contribution >= 4 is 23.4 Å². The summed E-state index contributed by atoms with van der Waals surface area (Å²) in [5.41, 5.74) is 0.671. The van der Waals surface area contributed by atoms with Gasteiger partial charge >= 0.3 is 0 Å². The van der Waals surface area contributed by atoms with Gasteiger partial charge in [-0.05, 0) is 36.4 Å². The highest BCUT2D eigenvalue weighted by Crippen LogP contribution is 2.20. The van der Waals surface area contributed by atoms with Crippen molar-refractivity contribution < 1.29 is 18.4 Å². The molecule has 0 bridgehead atoms. The Balaban J connectivity index is 1.41. The molecule has 2 heterocycles. The van der Waals surface area contributed by atoms with Gasteiger partial charge in [0.05, 0.1) is 10.6 Å². The Hall–Kier alpha value is -3.26. The SMILES string of the molecule is O=C(c1ccn(-c2ccccc2F)n1)N1CCN(C(=O)c2ccc(F)cc2Cl)CC1. The van der Waals surface area contributed by atoms with Gasteiger partial charge in [-0.3, -0.25) is 9.59 Å². The molecule has 9 heteroatoms. The van der Waals surface area contributed by atoms with Gasteiger partial charge in [0.1, 0.15) is 17.3 Å². The molecule has 0 unspecified atom stereocenters. The monoisotopic (exact) mass is 430 g/mol. The molecule has 3 aromatic rings. The van der Waals surface area contributed by atoms with Crippen molar-refractivity contribution in [2.75, 3.05) is 26.2 Å². The fraction of sp³-hybridized carbons (Fsp3) is 0.190. The lowest BCUT2D eigenvalue weighted by Gasteiger charge is -2.34. The fourth-order valence-electron chi connectivity index (χ4n) is 3.32. The van der Waals surface area contributed by atoms with Crippen LogP contribution in [-0.4, -0.2) is 57.6 Å². The third-order valence-corrected chi connectivity index (χ3v) is 5.24. The van der Waals surface area contributed by atoms with Crippen LogP contribution in [0.3, 0.4) is 0 Å². The molecule has 1 aliphatic rings. The Kier molecular flexibility index (Phi) is 5.50. The second-order valence-corrected chi connectivity index (χ2v) is 7.21. The largest absolute Gasteiger partial charge is 0.335 e. The van der Waals surface area contributed by atoms with Crippen molar-refractivity contribution in [1.82, 2.24) is 19.6 Å². The molecule has 0 saturated carbocycles. The van der Waals surface area contributed by atoms with E-state index >= 15 is 0 Å². The smallest absolute Gasteiger partial charge is 0.274 e. The van der Waals surface area contributed by atoms with Gasteiger partial charge < -0.3 is 9.80 Å². The number of carbonyl (C=O) groups is 2. The van der Waals surface area contributed by atoms with Crippen molar-refractivity contribution in [3.63, 3.8) is 0 Å². The minimum Gasteiger partial charge on any atom is -0.335 e. The second-order valence-electron chi connectivity index (χ2n) is 6.81. The second kappa shape index (κ2) is 8.23. The minimum absolute atomic E-state index is 0.0530. The molecule has 2 aromatic carbocycles. The summed E-state index contributed by atoms with van der Waals surface area (Å²) in [6, 6.07) is 11.3. The zero-order valence-electron chi connectivity index (χ0n) is 15.8. The number of nitrogens with zero attached hydrogens (tertiary/aromatic N) is 4. The van der Waals surface area contributed by atoms with Gasteiger partial charge in [0, 0.05) is 32.4 Å². The summed E-state index contributed by atoms with van der Waals surface area (Å²) in [5, 5.41) is 4.24. The predicted octanol–water partition coefficient (Wildman–Crippen LogP) is 3.40. The standard InChI is InChI=1S/C21H17ClF2N4O2/c22-16-13-14(23)5-6-15(16)20(29)26-9-11-27(12-10-26)21(30)18-7-8-28(25-18)19-4-2-1-3-17(19)24/h1-8,13H,9-12H2. The lowest BCUT2D eigenvalue weighted by atomic mass is 10.1. The zero-order chi connectivity index (χ0) is 21.3. The Bertz CT molecular complexity index is 1110. The normalized spacial score (nSPS) is 14.1. The zero-order valence-corrected chi connectivity index (χ0v) is 16.5. The molecule has 6 nitrogen and oxygen atoms in total. The number of hydrogen-bond acceptors (Lipinski definition) is 3. The van der Waals surface area contributed by atoms with E-state index in [2.05, 4.69) is 5.10 Å². The van der Waals surface area contributed by atoms with E-state index in [4.69, 9.17) is 11.6 Å². The van der Waals surface area contributed by atoms with E-state index < -0.39 is 11.6 Å². The molecule has 30 heavy (non-hydrogen) atoms. The summed E-state index contributed by atoms with van der Waals surface area (Å²) < 4.78 is 28.4. The van der Waals surface area contributed by atoms with Crippen LogP contribution in [0.4, 0.5) is 8.78 Å². The summed E-state index contributed by atoms with van der Waals surface area (Å²) in [6.07, 6.45) is 1.53. The van der Waals surface area contributed by atoms with Crippen LogP contribution >= 0.6 is 11.6 Å². The number of rotatable bonds is 3. The maximum absolute atomic E-state index is 13.9. The van der Waals surface area contributed by atoms with Gasteiger partial charge in [-0.1, -0.05) is 23.7 Å². The van der Waals surface area contributed by atoms with Crippen molar-refractivity contribution in [2.24, 2.45) is 0 Å². The Morgan fingerprint density at radius 3 is 2.23 bits per heavy atom. The van der Waals surface area contributed by atoms with Crippen LogP contribution in [-0.2, 0) is 0 Å². The van der Waals surface area contributed by atoms with E-state index in [-0.39, 0.29) is 33.8 Å². The van der Waals surface area contributed by atoms with Gasteiger partial charge in [0.15, 0.2) is 5.69 Å². The van der Waals surface area contributed by atoms with Crippen LogP contribution in [0.1, 0.15) is 20.8 Å². The number of carbonyl (C=O) groups excluding carboxylic acids is 2. The number of amides is 2. The van der Waals surface area contributed by atoms with Crippen LogP contribution < -0.4 is 0 Å². The molecule has 0 N–H and O–H groups in total. The molecular formula is C21H17ClF2N4O2. The van der Waals surface area contributed by atoms with E-state index in [9.17, 15) is 18.4 Å². The minimum atomic E-state index is -0.512. The first-order valence-electron chi connectivity index (χ1n) is 9.28. The third kappa shape index (κ3) is 3.91. The molecule has 154 valence electrons. The van der Waals surface area contributed by atoms with Crippen LogP contribution in [0, 0.1) is 11.6 Å². The lowest BCUT2D eigenvalue weighted by Crippen LogP contribution is -2.50. The highest BCUT2D eigenvalue weighted by Gasteiger charge is 2.27. The average molecular weight is 431 g/mol. The van der Waals surface area contributed by atoms with Gasteiger partial charge in [0.25, 0.3) is 11.8 Å². The van der Waals surface area contributed by atoms with Gasteiger partial charge in [-0.15, -0.1) is 0 Å². The molecule has 2 amide bonds. The number of aromatic nitrogens is 2. The summed E-state index contributed by atoms with van der Waals surface area (Å²) in [6.45, 7) is 1.25. The first-order chi connectivity index (χ1) is 14.4. The van der Waals surface area contributed by atoms with E-state index in [0.717, 1.165) is 6.07 Å². The van der Waals surface area contributed by atoms with Crippen molar-refractivity contribution in [3.8, 4) is 5.69 Å². The third-order valence-electron chi connectivity index (χ3n) is 4.92. The first kappa shape index (κ1) is 20.0. The fourth-order valence-corrected chi connectivity index (χ4v) is 3.57. The van der Waals surface area contributed by atoms with E-state index in [0.29, 0.717) is 26.2 Å². The summed E-state index contributed by atoms with van der Waals surface area (Å²) in [5.74, 6) is -1.55. The maximum Gasteiger partial charge on any atom is 0.274 e. The van der Waals surface area contributed by atoms with Crippen LogP contribution in [0.2, 0.25) is 5.02 Å². The van der Waals surface area contributed by atoms with Crippen molar-refractivity contribution in [2.45, 2.75) is 0 Å². The summed E-state index contributed by atoms with van der Waals surface area (Å²) >= 11 is 5.98. The van der Waals surface area contributed by atoms with E-state index in [1.54, 1.807) is 28.0 Å². The van der Waals surface area contributed by atoms with Gasteiger partial charge in [-0.25, -0.2) is 13.5 Å². The molecule has 0 atom stereocenters. The van der Waals surface area contributed by atoms with Crippen molar-refractivity contribution in [1.29, 1.82) is 0 Å².